The predicted molar refractivity (Wildman–Crippen MR) is 144 cm³/mol. The van der Waals surface area contributed by atoms with E-state index in [4.69, 9.17) is 12.2 Å². The highest BCUT2D eigenvalue weighted by Gasteiger charge is 2.47. The molecule has 4 heterocycles. The van der Waals surface area contributed by atoms with Crippen LogP contribution in [-0.2, 0) is 11.3 Å². The van der Waals surface area contributed by atoms with Crippen molar-refractivity contribution in [3.05, 3.63) is 47.5 Å². The second kappa shape index (κ2) is 11.8. The largest absolute Gasteiger partial charge is 0.348 e. The maximum Gasteiger partial charge on any atom is 0.226 e. The Morgan fingerprint density at radius 1 is 1.16 bits per heavy atom. The number of unbranched alkanes of at least 4 members (excludes halogenated alkanes) is 2. The van der Waals surface area contributed by atoms with Gasteiger partial charge in [-0.2, -0.15) is 0 Å². The highest BCUT2D eigenvalue weighted by atomic mass is 16.2. The van der Waals surface area contributed by atoms with Crippen LogP contribution >= 0.6 is 0 Å². The molecule has 0 spiro atoms. The first kappa shape index (κ1) is 25.9. The third kappa shape index (κ3) is 5.74. The number of rotatable bonds is 12. The summed E-state index contributed by atoms with van der Waals surface area (Å²) in [6, 6.07) is 11.9. The van der Waals surface area contributed by atoms with E-state index in [2.05, 4.69) is 60.1 Å². The average Bonchev–Trinajstić information content (AvgIpc) is 3.56. The molecule has 1 amide bonds. The molecule has 3 aliphatic heterocycles. The lowest BCUT2D eigenvalue weighted by atomic mass is 9.95. The van der Waals surface area contributed by atoms with Gasteiger partial charge in [0.25, 0.3) is 0 Å². The summed E-state index contributed by atoms with van der Waals surface area (Å²) >= 11 is 0. The molecule has 37 heavy (non-hydrogen) atoms. The topological polar surface area (TPSA) is 92.3 Å². The number of benzene rings is 1. The van der Waals surface area contributed by atoms with E-state index < -0.39 is 0 Å². The Bertz CT molecular complexity index is 1090. The van der Waals surface area contributed by atoms with E-state index in [1.165, 1.54) is 18.4 Å². The number of carbonyl (C=O) groups is 1. The van der Waals surface area contributed by atoms with Crippen LogP contribution in [0.3, 0.4) is 0 Å². The molecule has 0 radical (unpaired) electrons. The Hall–Kier alpha value is -2.73. The number of aromatic nitrogens is 3. The van der Waals surface area contributed by atoms with Crippen molar-refractivity contribution in [1.82, 2.24) is 29.9 Å². The van der Waals surface area contributed by atoms with Crippen molar-refractivity contribution in [3.63, 3.8) is 0 Å². The first-order chi connectivity index (χ1) is 18.0. The van der Waals surface area contributed by atoms with Crippen LogP contribution < -0.4 is 11.1 Å². The molecule has 8 nitrogen and oxygen atoms in total. The first-order valence-electron chi connectivity index (χ1n) is 13.9. The molecule has 2 aromatic rings. The van der Waals surface area contributed by atoms with E-state index in [-0.39, 0.29) is 17.9 Å². The lowest BCUT2D eigenvalue weighted by Crippen LogP contribution is -2.53. The van der Waals surface area contributed by atoms with Crippen LogP contribution in [0.4, 0.5) is 0 Å². The van der Waals surface area contributed by atoms with E-state index in [0.29, 0.717) is 24.7 Å². The van der Waals surface area contributed by atoms with Gasteiger partial charge in [0.2, 0.25) is 5.91 Å². The van der Waals surface area contributed by atoms with E-state index in [1.807, 2.05) is 13.0 Å². The second-order valence-electron chi connectivity index (χ2n) is 11.0. The molecule has 3 N–H and O–H groups in total. The summed E-state index contributed by atoms with van der Waals surface area (Å²) < 4.78 is 2.30. The van der Waals surface area contributed by atoms with Gasteiger partial charge in [-0.1, -0.05) is 30.3 Å². The number of carbonyl (C=O) groups excluding carboxylic acids is 1. The van der Waals surface area contributed by atoms with Crippen molar-refractivity contribution in [3.8, 4) is 12.3 Å². The molecule has 0 saturated carbocycles. The van der Waals surface area contributed by atoms with Crippen LogP contribution in [-0.4, -0.2) is 68.7 Å². The number of hydrogen-bond acceptors (Lipinski definition) is 6. The number of amides is 1. The molecule has 0 aliphatic carbocycles. The summed E-state index contributed by atoms with van der Waals surface area (Å²) in [5, 5.41) is 12.0. The predicted octanol–water partition coefficient (Wildman–Crippen LogP) is 2.81. The van der Waals surface area contributed by atoms with Crippen LogP contribution in [0.15, 0.2) is 30.3 Å². The van der Waals surface area contributed by atoms with Crippen molar-refractivity contribution in [1.29, 1.82) is 0 Å². The zero-order chi connectivity index (χ0) is 25.8. The quantitative estimate of drug-likeness (QED) is 0.342. The van der Waals surface area contributed by atoms with Gasteiger partial charge in [0.05, 0.1) is 18.5 Å². The Morgan fingerprint density at radius 2 is 1.97 bits per heavy atom. The fraction of sp³-hybridized carbons (Fsp3) is 0.621. The monoisotopic (exact) mass is 503 g/mol. The molecule has 3 saturated heterocycles. The third-order valence-electron chi connectivity index (χ3n) is 8.64. The Labute approximate surface area is 221 Å². The molecule has 198 valence electrons. The van der Waals surface area contributed by atoms with Crippen molar-refractivity contribution in [2.75, 3.05) is 26.2 Å². The smallest absolute Gasteiger partial charge is 0.226 e. The lowest BCUT2D eigenvalue weighted by molar-refractivity contribution is -0.130. The Kier molecular flexibility index (Phi) is 8.23. The van der Waals surface area contributed by atoms with Gasteiger partial charge in [0.1, 0.15) is 5.82 Å². The molecule has 8 heteroatoms. The molecule has 1 aromatic carbocycles. The number of nitrogens with zero attached hydrogens (tertiary/aromatic N) is 5. The number of fused-ring (bicyclic) bond motifs is 2. The number of aryl methyl sites for hydroxylation is 1. The van der Waals surface area contributed by atoms with Gasteiger partial charge in [-0.15, -0.1) is 22.5 Å². The van der Waals surface area contributed by atoms with E-state index >= 15 is 0 Å². The highest BCUT2D eigenvalue weighted by Crippen LogP contribution is 2.45. The minimum atomic E-state index is 0.0625. The molecule has 3 fully saturated rings. The number of likely N-dealkylation sites (tertiary alicyclic amines) is 1. The van der Waals surface area contributed by atoms with Crippen LogP contribution in [0.25, 0.3) is 0 Å². The highest BCUT2D eigenvalue weighted by molar-refractivity contribution is 5.79. The molecule has 4 atom stereocenters. The second-order valence-corrected chi connectivity index (χ2v) is 11.0. The summed E-state index contributed by atoms with van der Waals surface area (Å²) in [5.41, 5.74) is 7.72. The lowest BCUT2D eigenvalue weighted by Gasteiger charge is -2.38. The normalized spacial score (nSPS) is 24.6. The summed E-state index contributed by atoms with van der Waals surface area (Å²) in [4.78, 5) is 17.8. The number of hydrogen-bond donors (Lipinski definition) is 2. The van der Waals surface area contributed by atoms with E-state index in [9.17, 15) is 4.79 Å². The minimum Gasteiger partial charge on any atom is -0.348 e. The molecule has 1 aromatic heterocycles. The molecule has 5 rings (SSSR count). The average molecular weight is 504 g/mol. The van der Waals surface area contributed by atoms with Gasteiger partial charge < -0.3 is 20.5 Å². The number of terminal acetylenes is 1. The molecular weight excluding hydrogens is 462 g/mol. The van der Waals surface area contributed by atoms with Gasteiger partial charge in [-0.05, 0) is 57.6 Å². The summed E-state index contributed by atoms with van der Waals surface area (Å²) in [6.45, 7) is 6.17. The SMILES string of the molecule is C#CCCCCN1CC(C(=O)NCc2nnc(C)n2C2CC3CCC2N3CC[C@H](N)c2ccccc2)C1. The van der Waals surface area contributed by atoms with Crippen molar-refractivity contribution in [2.24, 2.45) is 11.7 Å². The molecular formula is C29H41N7O. The zero-order valence-electron chi connectivity index (χ0n) is 22.1. The van der Waals surface area contributed by atoms with Crippen molar-refractivity contribution in [2.45, 2.75) is 82.6 Å². The summed E-state index contributed by atoms with van der Waals surface area (Å²) in [6.07, 6.45) is 12.8. The number of nitrogens with two attached hydrogens (primary N) is 1. The van der Waals surface area contributed by atoms with Crippen LogP contribution in [0.2, 0.25) is 0 Å². The maximum atomic E-state index is 12.8. The maximum absolute atomic E-state index is 12.8. The van der Waals surface area contributed by atoms with Gasteiger partial charge >= 0.3 is 0 Å². The minimum absolute atomic E-state index is 0.0625. The van der Waals surface area contributed by atoms with Gasteiger partial charge in [-0.3, -0.25) is 9.69 Å². The summed E-state index contributed by atoms with van der Waals surface area (Å²) in [7, 11) is 0. The van der Waals surface area contributed by atoms with E-state index in [1.54, 1.807) is 0 Å². The van der Waals surface area contributed by atoms with Crippen LogP contribution in [0, 0.1) is 25.2 Å². The number of nitrogens with one attached hydrogen (secondary N) is 1. The first-order valence-corrected chi connectivity index (χ1v) is 13.9. The Balaban J connectivity index is 1.13. The van der Waals surface area contributed by atoms with Gasteiger partial charge in [0.15, 0.2) is 5.82 Å². The molecule has 2 bridgehead atoms. The zero-order valence-corrected chi connectivity index (χ0v) is 22.1. The standard InChI is InChI=1S/C29H41N7O/c1-3-4-5-9-15-34-19-23(20-34)29(37)31-18-28-33-32-21(2)36(28)27-17-24-12-13-26(27)35(24)16-14-25(30)22-10-7-6-8-11-22/h1,6-8,10-11,23-27H,4-5,9,12-20,30H2,2H3,(H,31,37)/t24?,25-,26?,27?/m0/s1. The fourth-order valence-electron chi connectivity index (χ4n) is 6.61. The fourth-order valence-corrected chi connectivity index (χ4v) is 6.61. The summed E-state index contributed by atoms with van der Waals surface area (Å²) in [5.74, 6) is 4.68. The van der Waals surface area contributed by atoms with Crippen molar-refractivity contribution >= 4 is 5.91 Å². The molecule has 3 unspecified atom stereocenters. The van der Waals surface area contributed by atoms with Gasteiger partial charge in [0, 0.05) is 44.2 Å². The van der Waals surface area contributed by atoms with Crippen LogP contribution in [0.1, 0.15) is 74.2 Å². The van der Waals surface area contributed by atoms with Crippen LogP contribution in [0.5, 0.6) is 0 Å². The van der Waals surface area contributed by atoms with Crippen molar-refractivity contribution < 1.29 is 4.79 Å². The van der Waals surface area contributed by atoms with E-state index in [0.717, 1.165) is 69.9 Å². The molecule has 3 aliphatic rings. The third-order valence-corrected chi connectivity index (χ3v) is 8.64. The van der Waals surface area contributed by atoms with Gasteiger partial charge in [-0.25, -0.2) is 0 Å². The Morgan fingerprint density at radius 3 is 2.76 bits per heavy atom.